The van der Waals surface area contributed by atoms with E-state index in [1.54, 1.807) is 17.0 Å². The van der Waals surface area contributed by atoms with Crippen LogP contribution in [0.15, 0.2) is 12.1 Å². The van der Waals surface area contributed by atoms with E-state index in [0.717, 1.165) is 19.5 Å². The summed E-state index contributed by atoms with van der Waals surface area (Å²) in [7, 11) is 1.69. The minimum absolute atomic E-state index is 0.120. The Kier molecular flexibility index (Phi) is 5.81. The minimum atomic E-state index is -2.88. The first-order chi connectivity index (χ1) is 12.9. The number of amides is 1. The lowest BCUT2D eigenvalue weighted by Crippen LogP contribution is -3.18. The van der Waals surface area contributed by atoms with Crippen molar-refractivity contribution in [1.82, 2.24) is 4.90 Å². The molecular weight excluding hydrogens is 372 g/mol. The van der Waals surface area contributed by atoms with Crippen LogP contribution >= 0.6 is 0 Å². The molecule has 1 aromatic carbocycles. The molecule has 3 rings (SSSR count). The summed E-state index contributed by atoms with van der Waals surface area (Å²) in [5.41, 5.74) is 0.432. The topological polar surface area (TPSA) is 86.6 Å². The molecular formula is C18H27N2O6S+. The molecule has 27 heavy (non-hydrogen) atoms. The fourth-order valence-electron chi connectivity index (χ4n) is 3.89. The molecule has 0 spiro atoms. The van der Waals surface area contributed by atoms with Crippen molar-refractivity contribution in [1.29, 1.82) is 0 Å². The van der Waals surface area contributed by atoms with Gasteiger partial charge in [0.2, 0.25) is 0 Å². The predicted molar refractivity (Wildman–Crippen MR) is 99.8 cm³/mol. The van der Waals surface area contributed by atoms with Crippen molar-refractivity contribution in [3.8, 4) is 17.2 Å². The first-order valence-corrected chi connectivity index (χ1v) is 10.8. The lowest BCUT2D eigenvalue weighted by atomic mass is 10.1. The Balaban J connectivity index is 1.71. The Morgan fingerprint density at radius 1 is 1.04 bits per heavy atom. The molecule has 1 atom stereocenters. The average Bonchev–Trinajstić information content (AvgIpc) is 3.06. The number of methoxy groups -OCH3 is 3. The Labute approximate surface area is 159 Å². The van der Waals surface area contributed by atoms with Gasteiger partial charge < -0.3 is 24.0 Å². The zero-order valence-electron chi connectivity index (χ0n) is 16.0. The van der Waals surface area contributed by atoms with Gasteiger partial charge in [-0.1, -0.05) is 0 Å². The maximum absolute atomic E-state index is 13.0. The standard InChI is InChI=1S/C18H26N2O6S/c1-24-15-11-17(26-3)16(25-2)10-14(15)18(21)20-7-5-19(6-8-20)13-4-9-27(22,23)12-13/h10-11,13H,4-9,12H2,1-3H3/p+1/t13-/m0/s1. The third-order valence-electron chi connectivity index (χ3n) is 5.44. The van der Waals surface area contributed by atoms with Crippen LogP contribution in [0.3, 0.4) is 0 Å². The van der Waals surface area contributed by atoms with Gasteiger partial charge in [-0.15, -0.1) is 0 Å². The summed E-state index contributed by atoms with van der Waals surface area (Å²) in [6, 6.07) is 3.45. The Bertz CT molecular complexity index is 802. The molecule has 2 aliphatic heterocycles. The second kappa shape index (κ2) is 7.93. The molecule has 0 saturated carbocycles. The van der Waals surface area contributed by atoms with Crippen molar-refractivity contribution in [2.75, 3.05) is 59.0 Å². The number of hydrogen-bond acceptors (Lipinski definition) is 6. The van der Waals surface area contributed by atoms with Gasteiger partial charge in [-0.05, 0) is 0 Å². The van der Waals surface area contributed by atoms with Crippen molar-refractivity contribution in [3.63, 3.8) is 0 Å². The van der Waals surface area contributed by atoms with E-state index in [1.165, 1.54) is 26.2 Å². The van der Waals surface area contributed by atoms with Crippen molar-refractivity contribution < 1.29 is 32.3 Å². The first-order valence-electron chi connectivity index (χ1n) is 9.02. The molecule has 1 N–H and O–H groups in total. The Morgan fingerprint density at radius 3 is 2.15 bits per heavy atom. The summed E-state index contributed by atoms with van der Waals surface area (Å²) in [4.78, 5) is 16.1. The minimum Gasteiger partial charge on any atom is -0.496 e. The van der Waals surface area contributed by atoms with Crippen LogP contribution in [0.2, 0.25) is 0 Å². The molecule has 0 radical (unpaired) electrons. The van der Waals surface area contributed by atoms with Gasteiger partial charge in [-0.2, -0.15) is 0 Å². The van der Waals surface area contributed by atoms with Crippen LogP contribution in [-0.4, -0.2) is 84.3 Å². The number of piperazine rings is 1. The average molecular weight is 399 g/mol. The Morgan fingerprint density at radius 2 is 1.63 bits per heavy atom. The van der Waals surface area contributed by atoms with E-state index >= 15 is 0 Å². The quantitative estimate of drug-likeness (QED) is 0.701. The van der Waals surface area contributed by atoms with Crippen LogP contribution in [-0.2, 0) is 9.84 Å². The number of nitrogens with zero attached hydrogens (tertiary/aromatic N) is 1. The highest BCUT2D eigenvalue weighted by molar-refractivity contribution is 7.91. The fraction of sp³-hybridized carbons (Fsp3) is 0.611. The van der Waals surface area contributed by atoms with E-state index in [1.807, 2.05) is 0 Å². The molecule has 8 nitrogen and oxygen atoms in total. The van der Waals surface area contributed by atoms with E-state index in [4.69, 9.17) is 14.2 Å². The maximum Gasteiger partial charge on any atom is 0.258 e. The SMILES string of the molecule is COc1cc(OC)c(C(=O)N2CC[NH+]([C@H]3CCS(=O)(=O)C3)CC2)cc1OC. The summed E-state index contributed by atoms with van der Waals surface area (Å²) in [6.07, 6.45) is 0.717. The second-order valence-corrected chi connectivity index (χ2v) is 9.19. The summed E-state index contributed by atoms with van der Waals surface area (Å²) in [6.45, 7) is 2.67. The van der Waals surface area contributed by atoms with E-state index in [-0.39, 0.29) is 23.5 Å². The Hall–Kier alpha value is -2.00. The lowest BCUT2D eigenvalue weighted by Gasteiger charge is -2.35. The van der Waals surface area contributed by atoms with Crippen molar-refractivity contribution >= 4 is 15.7 Å². The number of nitrogens with one attached hydrogen (secondary N) is 1. The van der Waals surface area contributed by atoms with Gasteiger partial charge >= 0.3 is 0 Å². The fourth-order valence-corrected chi connectivity index (χ4v) is 5.71. The third-order valence-corrected chi connectivity index (χ3v) is 7.21. The number of hydrogen-bond donors (Lipinski definition) is 1. The van der Waals surface area contributed by atoms with E-state index in [2.05, 4.69) is 0 Å². The smallest absolute Gasteiger partial charge is 0.258 e. The van der Waals surface area contributed by atoms with Gasteiger partial charge in [0.05, 0.1) is 58.8 Å². The van der Waals surface area contributed by atoms with Crippen LogP contribution < -0.4 is 19.1 Å². The normalized spacial score (nSPS) is 22.5. The van der Waals surface area contributed by atoms with Gasteiger partial charge in [0.1, 0.15) is 17.5 Å². The molecule has 1 amide bonds. The lowest BCUT2D eigenvalue weighted by molar-refractivity contribution is -0.925. The predicted octanol–water partition coefficient (Wildman–Crippen LogP) is -0.760. The van der Waals surface area contributed by atoms with Crippen LogP contribution in [0, 0.1) is 0 Å². The summed E-state index contributed by atoms with van der Waals surface area (Å²) in [5, 5.41) is 0. The van der Waals surface area contributed by atoms with Gasteiger partial charge in [-0.3, -0.25) is 4.79 Å². The van der Waals surface area contributed by atoms with Crippen molar-refractivity contribution in [3.05, 3.63) is 17.7 Å². The highest BCUT2D eigenvalue weighted by Gasteiger charge is 2.37. The molecule has 2 saturated heterocycles. The number of quaternary nitrogens is 1. The van der Waals surface area contributed by atoms with Gasteiger partial charge in [0.15, 0.2) is 21.3 Å². The summed E-state index contributed by atoms with van der Waals surface area (Å²) < 4.78 is 39.4. The maximum atomic E-state index is 13.0. The molecule has 0 aliphatic carbocycles. The summed E-state index contributed by atoms with van der Waals surface area (Å²) in [5.74, 6) is 1.84. The second-order valence-electron chi connectivity index (χ2n) is 6.96. The van der Waals surface area contributed by atoms with E-state index < -0.39 is 9.84 Å². The van der Waals surface area contributed by atoms with E-state index in [0.29, 0.717) is 35.9 Å². The highest BCUT2D eigenvalue weighted by Crippen LogP contribution is 2.35. The van der Waals surface area contributed by atoms with Crippen molar-refractivity contribution in [2.45, 2.75) is 12.5 Å². The molecule has 0 unspecified atom stereocenters. The molecule has 2 aliphatic rings. The number of ether oxygens (including phenoxy) is 3. The van der Waals surface area contributed by atoms with Crippen molar-refractivity contribution in [2.24, 2.45) is 0 Å². The van der Waals surface area contributed by atoms with Crippen LogP contribution in [0.4, 0.5) is 0 Å². The number of carbonyl (C=O) groups excluding carboxylic acids is 1. The number of carbonyl (C=O) groups is 1. The third kappa shape index (κ3) is 4.14. The zero-order chi connectivity index (χ0) is 19.6. The van der Waals surface area contributed by atoms with Crippen LogP contribution in [0.5, 0.6) is 17.2 Å². The first kappa shape index (κ1) is 19.8. The number of benzene rings is 1. The molecule has 0 bridgehead atoms. The monoisotopic (exact) mass is 399 g/mol. The van der Waals surface area contributed by atoms with Gasteiger partial charge in [0.25, 0.3) is 5.91 Å². The molecule has 2 fully saturated rings. The van der Waals surface area contributed by atoms with Gasteiger partial charge in [-0.25, -0.2) is 8.42 Å². The van der Waals surface area contributed by atoms with E-state index in [9.17, 15) is 13.2 Å². The number of rotatable bonds is 5. The molecule has 0 aromatic heterocycles. The zero-order valence-corrected chi connectivity index (χ0v) is 16.8. The van der Waals surface area contributed by atoms with Crippen LogP contribution in [0.25, 0.3) is 0 Å². The molecule has 1 aromatic rings. The van der Waals surface area contributed by atoms with Crippen LogP contribution in [0.1, 0.15) is 16.8 Å². The van der Waals surface area contributed by atoms with Gasteiger partial charge in [0, 0.05) is 18.6 Å². The highest BCUT2D eigenvalue weighted by atomic mass is 32.2. The molecule has 9 heteroatoms. The summed E-state index contributed by atoms with van der Waals surface area (Å²) >= 11 is 0. The molecule has 2 heterocycles. The largest absolute Gasteiger partial charge is 0.496 e. The molecule has 150 valence electrons. The number of sulfone groups is 1.